The minimum absolute atomic E-state index is 0.00302. The zero-order chi connectivity index (χ0) is 21.0. The minimum Gasteiger partial charge on any atom is -0.481 e. The number of nitrogens with one attached hydrogen (secondary N) is 1. The molecule has 0 spiro atoms. The average molecular weight is 402 g/mol. The zero-order valence-corrected chi connectivity index (χ0v) is 17.4. The standard InChI is InChI=1S/C22H31N3O4/c1-16-3-4-18(17(2)15-16)24-11-13-25(14-12-24)20(27)6-9-22(10-7-21(28)29)8-5-19(26)23-22/h3-4,15H,5-14H2,1-2H3,(H,23,26)(H,28,29)/t22-/m0/s1. The Morgan fingerprint density at radius 2 is 1.79 bits per heavy atom. The van der Waals surface area contributed by atoms with Crippen LogP contribution in [0.2, 0.25) is 0 Å². The predicted molar refractivity (Wildman–Crippen MR) is 111 cm³/mol. The summed E-state index contributed by atoms with van der Waals surface area (Å²) < 4.78 is 0. The summed E-state index contributed by atoms with van der Waals surface area (Å²) in [7, 11) is 0. The highest BCUT2D eigenvalue weighted by atomic mass is 16.4. The summed E-state index contributed by atoms with van der Waals surface area (Å²) in [5, 5.41) is 11.9. The maximum absolute atomic E-state index is 12.7. The molecule has 2 heterocycles. The number of hydrogen-bond donors (Lipinski definition) is 2. The van der Waals surface area contributed by atoms with Gasteiger partial charge in [0.2, 0.25) is 11.8 Å². The molecule has 1 aromatic carbocycles. The van der Waals surface area contributed by atoms with E-state index in [1.807, 2.05) is 4.90 Å². The Kier molecular flexibility index (Phi) is 6.45. The maximum Gasteiger partial charge on any atom is 0.303 e. The van der Waals surface area contributed by atoms with E-state index in [2.05, 4.69) is 42.3 Å². The van der Waals surface area contributed by atoms with Crippen LogP contribution in [-0.2, 0) is 14.4 Å². The van der Waals surface area contributed by atoms with Gasteiger partial charge in [-0.15, -0.1) is 0 Å². The highest BCUT2D eigenvalue weighted by Crippen LogP contribution is 2.31. The van der Waals surface area contributed by atoms with Crippen LogP contribution >= 0.6 is 0 Å². The molecule has 7 heteroatoms. The van der Waals surface area contributed by atoms with Crippen molar-refractivity contribution in [2.75, 3.05) is 31.1 Å². The van der Waals surface area contributed by atoms with Gasteiger partial charge in [-0.1, -0.05) is 17.7 Å². The summed E-state index contributed by atoms with van der Waals surface area (Å²) in [6.07, 6.45) is 2.23. The van der Waals surface area contributed by atoms with Gasteiger partial charge in [0.25, 0.3) is 0 Å². The molecule has 0 aliphatic carbocycles. The SMILES string of the molecule is Cc1ccc(N2CCN(C(=O)CC[C@]3(CCC(=O)O)CCC(=O)N3)CC2)c(C)c1. The third-order valence-corrected chi connectivity index (χ3v) is 6.20. The number of hydrogen-bond acceptors (Lipinski definition) is 4. The molecule has 2 N–H and O–H groups in total. The van der Waals surface area contributed by atoms with Crippen LogP contribution in [-0.4, -0.2) is 59.5 Å². The highest BCUT2D eigenvalue weighted by molar-refractivity contribution is 5.80. The van der Waals surface area contributed by atoms with Gasteiger partial charge in [-0.05, 0) is 44.7 Å². The second-order valence-electron chi connectivity index (χ2n) is 8.38. The molecule has 2 amide bonds. The second kappa shape index (κ2) is 8.84. The van der Waals surface area contributed by atoms with Gasteiger partial charge in [0, 0.05) is 56.7 Å². The second-order valence-corrected chi connectivity index (χ2v) is 8.38. The van der Waals surface area contributed by atoms with Crippen LogP contribution in [0.15, 0.2) is 18.2 Å². The van der Waals surface area contributed by atoms with Crippen LogP contribution in [0.5, 0.6) is 0 Å². The molecular weight excluding hydrogens is 370 g/mol. The Morgan fingerprint density at radius 3 is 2.38 bits per heavy atom. The lowest BCUT2D eigenvalue weighted by Gasteiger charge is -2.37. The summed E-state index contributed by atoms with van der Waals surface area (Å²) >= 11 is 0. The van der Waals surface area contributed by atoms with Crippen molar-refractivity contribution in [2.24, 2.45) is 0 Å². The molecule has 2 aliphatic rings. The Labute approximate surface area is 172 Å². The summed E-state index contributed by atoms with van der Waals surface area (Å²) in [6.45, 7) is 7.17. The van der Waals surface area contributed by atoms with E-state index >= 15 is 0 Å². The molecule has 0 bridgehead atoms. The summed E-state index contributed by atoms with van der Waals surface area (Å²) in [6, 6.07) is 6.45. The number of aryl methyl sites for hydroxylation is 2. The zero-order valence-electron chi connectivity index (χ0n) is 17.4. The molecule has 29 heavy (non-hydrogen) atoms. The van der Waals surface area contributed by atoms with Crippen molar-refractivity contribution < 1.29 is 19.5 Å². The van der Waals surface area contributed by atoms with Crippen molar-refractivity contribution in [2.45, 2.75) is 57.9 Å². The number of amides is 2. The van der Waals surface area contributed by atoms with Crippen LogP contribution in [0, 0.1) is 13.8 Å². The van der Waals surface area contributed by atoms with E-state index in [0.29, 0.717) is 45.2 Å². The number of carbonyl (C=O) groups excluding carboxylic acids is 2. The lowest BCUT2D eigenvalue weighted by Crippen LogP contribution is -2.50. The average Bonchev–Trinajstić information content (AvgIpc) is 3.06. The van der Waals surface area contributed by atoms with Gasteiger partial charge in [-0.2, -0.15) is 0 Å². The number of carbonyl (C=O) groups is 3. The third-order valence-electron chi connectivity index (χ3n) is 6.20. The van der Waals surface area contributed by atoms with Crippen LogP contribution in [0.3, 0.4) is 0 Å². The van der Waals surface area contributed by atoms with Crippen molar-refractivity contribution >= 4 is 23.5 Å². The van der Waals surface area contributed by atoms with Gasteiger partial charge in [0.1, 0.15) is 0 Å². The fourth-order valence-corrected chi connectivity index (χ4v) is 4.48. The van der Waals surface area contributed by atoms with Crippen LogP contribution in [0.1, 0.15) is 49.7 Å². The summed E-state index contributed by atoms with van der Waals surface area (Å²) in [5.74, 6) is -0.842. The van der Waals surface area contributed by atoms with Gasteiger partial charge < -0.3 is 20.2 Å². The number of piperazine rings is 1. The molecule has 1 aromatic rings. The lowest BCUT2D eigenvalue weighted by molar-refractivity contribution is -0.137. The number of rotatable bonds is 7. The molecule has 158 valence electrons. The van der Waals surface area contributed by atoms with Crippen molar-refractivity contribution in [3.63, 3.8) is 0 Å². The van der Waals surface area contributed by atoms with Gasteiger partial charge in [0.15, 0.2) is 0 Å². The van der Waals surface area contributed by atoms with E-state index in [-0.39, 0.29) is 18.2 Å². The largest absolute Gasteiger partial charge is 0.481 e. The Morgan fingerprint density at radius 1 is 1.10 bits per heavy atom. The number of carboxylic acid groups (broad SMARTS) is 1. The molecule has 2 fully saturated rings. The van der Waals surface area contributed by atoms with Gasteiger partial charge >= 0.3 is 5.97 Å². The van der Waals surface area contributed by atoms with E-state index < -0.39 is 11.5 Å². The minimum atomic E-state index is -0.876. The van der Waals surface area contributed by atoms with Crippen LogP contribution < -0.4 is 10.2 Å². The third kappa shape index (κ3) is 5.28. The molecule has 3 rings (SSSR count). The smallest absolute Gasteiger partial charge is 0.303 e. The predicted octanol–water partition coefficient (Wildman–Crippen LogP) is 2.25. The van der Waals surface area contributed by atoms with Crippen LogP contribution in [0.25, 0.3) is 0 Å². The van der Waals surface area contributed by atoms with Crippen molar-refractivity contribution in [3.8, 4) is 0 Å². The lowest BCUT2D eigenvalue weighted by atomic mass is 9.86. The molecule has 0 radical (unpaired) electrons. The van der Waals surface area contributed by atoms with Gasteiger partial charge in [0.05, 0.1) is 0 Å². The van der Waals surface area contributed by atoms with E-state index in [0.717, 1.165) is 13.1 Å². The molecule has 1 atom stereocenters. The molecule has 0 aromatic heterocycles. The fraction of sp³-hybridized carbons (Fsp3) is 0.591. The summed E-state index contributed by atoms with van der Waals surface area (Å²) in [5.41, 5.74) is 3.17. The Balaban J connectivity index is 1.52. The molecule has 0 saturated carbocycles. The topological polar surface area (TPSA) is 90.0 Å². The normalized spacial score (nSPS) is 21.9. The first kappa shape index (κ1) is 21.1. The monoisotopic (exact) mass is 401 g/mol. The molecular formula is C22H31N3O4. The first-order valence-electron chi connectivity index (χ1n) is 10.4. The number of carboxylic acids is 1. The first-order valence-corrected chi connectivity index (χ1v) is 10.4. The van der Waals surface area contributed by atoms with Crippen molar-refractivity contribution in [3.05, 3.63) is 29.3 Å². The number of aliphatic carboxylic acids is 1. The molecule has 2 aliphatic heterocycles. The summed E-state index contributed by atoms with van der Waals surface area (Å²) in [4.78, 5) is 39.6. The van der Waals surface area contributed by atoms with Gasteiger partial charge in [-0.3, -0.25) is 14.4 Å². The Bertz CT molecular complexity index is 786. The maximum atomic E-state index is 12.7. The van der Waals surface area contributed by atoms with Gasteiger partial charge in [-0.25, -0.2) is 0 Å². The number of anilines is 1. The van der Waals surface area contributed by atoms with E-state index in [1.54, 1.807) is 0 Å². The Hall–Kier alpha value is -2.57. The fourth-order valence-electron chi connectivity index (χ4n) is 4.48. The molecule has 7 nitrogen and oxygen atoms in total. The molecule has 2 saturated heterocycles. The number of benzene rings is 1. The van der Waals surface area contributed by atoms with E-state index in [9.17, 15) is 14.4 Å². The number of nitrogens with zero attached hydrogens (tertiary/aromatic N) is 2. The van der Waals surface area contributed by atoms with Crippen LogP contribution in [0.4, 0.5) is 5.69 Å². The quantitative estimate of drug-likeness (QED) is 0.731. The van der Waals surface area contributed by atoms with E-state index in [4.69, 9.17) is 5.11 Å². The molecule has 0 unspecified atom stereocenters. The first-order chi connectivity index (χ1) is 13.8. The van der Waals surface area contributed by atoms with E-state index in [1.165, 1.54) is 16.8 Å². The van der Waals surface area contributed by atoms with Crippen molar-refractivity contribution in [1.29, 1.82) is 0 Å². The highest BCUT2D eigenvalue weighted by Gasteiger charge is 2.38. The van der Waals surface area contributed by atoms with Crippen molar-refractivity contribution in [1.82, 2.24) is 10.2 Å².